The minimum atomic E-state index is -0.694. The van der Waals surface area contributed by atoms with Crippen molar-refractivity contribution in [2.24, 2.45) is 0 Å². The lowest BCUT2D eigenvalue weighted by Gasteiger charge is -2.39. The highest BCUT2D eigenvalue weighted by Gasteiger charge is 2.39. The summed E-state index contributed by atoms with van der Waals surface area (Å²) in [7, 11) is 0. The van der Waals surface area contributed by atoms with Gasteiger partial charge in [-0.05, 0) is 99.1 Å². The van der Waals surface area contributed by atoms with E-state index in [0.717, 1.165) is 116 Å². The Bertz CT molecular complexity index is 5900. The Morgan fingerprint density at radius 2 is 0.967 bits per heavy atom. The van der Waals surface area contributed by atoms with E-state index in [2.05, 4.69) is 237 Å². The van der Waals surface area contributed by atoms with E-state index < -0.39 is 6.23 Å². The number of furan rings is 2. The third kappa shape index (κ3) is 8.45. The number of hydrogen-bond acceptors (Lipinski definition) is 5. The van der Waals surface area contributed by atoms with Crippen LogP contribution in [0.15, 0.2) is 275 Å². The molecule has 0 aliphatic heterocycles. The summed E-state index contributed by atoms with van der Waals surface area (Å²) in [6.07, 6.45) is 1.84. The number of hydrogen-bond donors (Lipinski definition) is 0. The fourth-order valence-corrected chi connectivity index (χ4v) is 14.2. The van der Waals surface area contributed by atoms with Crippen LogP contribution in [0.5, 0.6) is 0 Å². The van der Waals surface area contributed by atoms with Crippen molar-refractivity contribution in [3.05, 3.63) is 288 Å². The molecule has 92 heavy (non-hydrogen) atoms. The second-order valence-corrected chi connectivity index (χ2v) is 23.4. The van der Waals surface area contributed by atoms with E-state index in [1.807, 2.05) is 80.6 Å². The Balaban J connectivity index is 1.29. The number of rotatable bonds is 12. The normalized spacial score (nSPS) is 12.3. The monoisotopic (exact) mass is 1190 g/mol. The Kier molecular flexibility index (Phi) is 13.4. The van der Waals surface area contributed by atoms with E-state index in [0.29, 0.717) is 62.2 Å². The summed E-state index contributed by atoms with van der Waals surface area (Å²) < 4.78 is 31.2. The van der Waals surface area contributed by atoms with Crippen LogP contribution < -0.4 is 15.6 Å². The van der Waals surface area contributed by atoms with Crippen molar-refractivity contribution in [3.8, 4) is 51.1 Å². The molecular formula is C83H62N6O3. The van der Waals surface area contributed by atoms with Gasteiger partial charge in [0.05, 0.1) is 55.7 Å². The molecule has 9 heteroatoms. The minimum absolute atomic E-state index is 0.341. The van der Waals surface area contributed by atoms with Gasteiger partial charge in [0, 0.05) is 88.8 Å². The number of allylic oxidation sites excluding steroid dienone is 2. The number of benzene rings is 10. The first-order valence-electron chi connectivity index (χ1n) is 31.2. The van der Waals surface area contributed by atoms with E-state index >= 15 is 0 Å². The Hall–Kier alpha value is -12.0. The van der Waals surface area contributed by atoms with Crippen LogP contribution >= 0.6 is 0 Å². The first kappa shape index (κ1) is 55.3. The third-order valence-corrected chi connectivity index (χ3v) is 18.3. The molecule has 16 rings (SSSR count). The lowest BCUT2D eigenvalue weighted by molar-refractivity contribution is 0.118. The average Bonchev–Trinajstić information content (AvgIpc) is 1.34. The number of aryl methyl sites for hydroxylation is 1. The molecule has 9 nitrogen and oxygen atoms in total. The topological polar surface area (TPSA) is 82.3 Å². The smallest absolute Gasteiger partial charge is 0.213 e. The summed E-state index contributed by atoms with van der Waals surface area (Å²) >= 11 is 0. The van der Waals surface area contributed by atoms with Crippen molar-refractivity contribution in [2.45, 2.75) is 40.3 Å². The fraction of sp³-hybridized carbons (Fsp3) is 0.0723. The Labute approximate surface area is 531 Å². The van der Waals surface area contributed by atoms with Crippen molar-refractivity contribution < 1.29 is 13.6 Å². The SMILES string of the molecule is C=c1cccccc(-c2c(N(c3ccccc3C)[C@@H](CC)O/C(C)=C/C)c(-c3cccc4c5ccccc5n(-c5ccccc5)c34)c(-n3c4ccccc4c4c5ccccc5oc43)c(C#N)c2-n2c3ccccc3c3c4ccccc4oc32)c(=C)n1-c1ccccc1. The molecule has 0 fully saturated rings. The fourth-order valence-electron chi connectivity index (χ4n) is 14.2. The van der Waals surface area contributed by atoms with Crippen LogP contribution in [0.1, 0.15) is 38.3 Å². The second-order valence-electron chi connectivity index (χ2n) is 23.4. The summed E-state index contributed by atoms with van der Waals surface area (Å²) in [6, 6.07) is 91.4. The molecule has 442 valence electrons. The molecule has 0 saturated heterocycles. The summed E-state index contributed by atoms with van der Waals surface area (Å²) in [4.78, 5) is 2.41. The molecule has 16 aromatic rings. The van der Waals surface area contributed by atoms with Crippen molar-refractivity contribution in [3.63, 3.8) is 0 Å². The highest BCUT2D eigenvalue weighted by atomic mass is 16.5. The van der Waals surface area contributed by atoms with Gasteiger partial charge in [-0.2, -0.15) is 5.26 Å². The van der Waals surface area contributed by atoms with Gasteiger partial charge in [-0.15, -0.1) is 0 Å². The maximum atomic E-state index is 13.4. The molecule has 0 radical (unpaired) electrons. The van der Waals surface area contributed by atoms with Gasteiger partial charge in [0.15, 0.2) is 6.23 Å². The number of ether oxygens (including phenoxy) is 1. The molecule has 10 aromatic carbocycles. The predicted octanol–water partition coefficient (Wildman–Crippen LogP) is 20.5. The minimum Gasteiger partial charge on any atom is -0.475 e. The van der Waals surface area contributed by atoms with E-state index in [1.54, 1.807) is 0 Å². The van der Waals surface area contributed by atoms with Crippen molar-refractivity contribution in [1.82, 2.24) is 18.3 Å². The molecule has 0 spiro atoms. The van der Waals surface area contributed by atoms with Crippen LogP contribution in [0, 0.1) is 18.3 Å². The number of anilines is 2. The number of nitriles is 1. The lowest BCUT2D eigenvalue weighted by Crippen LogP contribution is -2.35. The highest BCUT2D eigenvalue weighted by Crippen LogP contribution is 2.57. The summed E-state index contributed by atoms with van der Waals surface area (Å²) in [5.41, 5.74) is 15.1. The van der Waals surface area contributed by atoms with E-state index in [1.165, 1.54) is 0 Å². The molecule has 0 unspecified atom stereocenters. The van der Waals surface area contributed by atoms with Crippen LogP contribution in [-0.2, 0) is 4.74 Å². The lowest BCUT2D eigenvalue weighted by atomic mass is 9.86. The van der Waals surface area contributed by atoms with Crippen molar-refractivity contribution in [1.29, 1.82) is 5.26 Å². The first-order chi connectivity index (χ1) is 45.3. The molecule has 0 N–H and O–H groups in total. The largest absolute Gasteiger partial charge is 0.475 e. The molecular weight excluding hydrogens is 1130 g/mol. The maximum Gasteiger partial charge on any atom is 0.213 e. The number of aromatic nitrogens is 4. The van der Waals surface area contributed by atoms with Gasteiger partial charge in [-0.1, -0.05) is 208 Å². The zero-order chi connectivity index (χ0) is 62.3. The van der Waals surface area contributed by atoms with Gasteiger partial charge in [-0.3, -0.25) is 9.13 Å². The molecule has 0 saturated carbocycles. The first-order valence-corrected chi connectivity index (χ1v) is 31.2. The number of fused-ring (bicyclic) bond motifs is 13. The third-order valence-electron chi connectivity index (χ3n) is 18.3. The molecule has 1 atom stereocenters. The second kappa shape index (κ2) is 22.2. The summed E-state index contributed by atoms with van der Waals surface area (Å²) in [5, 5.41) is 22.5. The Morgan fingerprint density at radius 3 is 1.53 bits per heavy atom. The van der Waals surface area contributed by atoms with Crippen molar-refractivity contribution >= 4 is 112 Å². The predicted molar refractivity (Wildman–Crippen MR) is 380 cm³/mol. The van der Waals surface area contributed by atoms with Gasteiger partial charge in [-0.25, -0.2) is 0 Å². The van der Waals surface area contributed by atoms with Gasteiger partial charge < -0.3 is 27.6 Å². The van der Waals surface area contributed by atoms with E-state index in [-0.39, 0.29) is 0 Å². The van der Waals surface area contributed by atoms with Gasteiger partial charge >= 0.3 is 0 Å². The standard InChI is InChI=1S/C83H62N6O3/c1-7-54(5)90-73(8-2)87(67-45-24-18-31-52(67)3)81-76(58-37-17-9-12-32-53(4)85(55(58)6)56-33-13-10-14-34-56)79(88-69-47-26-20-39-61(69)74-63-41-22-28-49-71(63)91-82(74)88)66(51-84)80(89-70-48-27-21-40-62(70)75-64-42-23-29-50-72(64)92-83(75)89)77(81)65-44-30-43-60-59-38-19-25-46-68(59)86(78(60)65)57-35-15-11-16-36-57/h7,9-50,73H,4,6,8H2,1-3,5H3/b17-9?,32-12?,54-7+,58-37?/t73-/m1/s1. The van der Waals surface area contributed by atoms with Crippen LogP contribution in [0.4, 0.5) is 11.4 Å². The van der Waals surface area contributed by atoms with Gasteiger partial charge in [0.25, 0.3) is 0 Å². The molecule has 0 aliphatic rings. The van der Waals surface area contributed by atoms with E-state index in [4.69, 9.17) is 26.7 Å². The highest BCUT2D eigenvalue weighted by molar-refractivity contribution is 6.24. The van der Waals surface area contributed by atoms with Crippen LogP contribution in [-0.4, -0.2) is 24.5 Å². The molecule has 0 aliphatic carbocycles. The molecule has 6 aromatic heterocycles. The van der Waals surface area contributed by atoms with Crippen LogP contribution in [0.2, 0.25) is 0 Å². The number of nitrogens with zero attached hydrogens (tertiary/aromatic N) is 6. The number of para-hydroxylation sites is 9. The zero-order valence-electron chi connectivity index (χ0n) is 51.4. The summed E-state index contributed by atoms with van der Waals surface area (Å²) in [5.74, 6) is 0.742. The average molecular weight is 1190 g/mol. The molecule has 0 bridgehead atoms. The quantitative estimate of drug-likeness (QED) is 0.0899. The summed E-state index contributed by atoms with van der Waals surface area (Å²) in [6.45, 7) is 18.4. The molecule has 6 heterocycles. The van der Waals surface area contributed by atoms with Gasteiger partial charge in [0.2, 0.25) is 11.4 Å². The molecule has 0 amide bonds. The van der Waals surface area contributed by atoms with Crippen LogP contribution in [0.3, 0.4) is 0 Å². The van der Waals surface area contributed by atoms with Gasteiger partial charge in [0.1, 0.15) is 22.8 Å². The zero-order valence-corrected chi connectivity index (χ0v) is 51.4. The van der Waals surface area contributed by atoms with E-state index in [9.17, 15) is 5.26 Å². The maximum absolute atomic E-state index is 13.4. The van der Waals surface area contributed by atoms with Crippen molar-refractivity contribution in [2.75, 3.05) is 4.90 Å². The van der Waals surface area contributed by atoms with Crippen LogP contribution in [0.25, 0.3) is 146 Å². The Morgan fingerprint density at radius 1 is 0.511 bits per heavy atom.